The van der Waals surface area contributed by atoms with Gasteiger partial charge in [-0.2, -0.15) is 0 Å². The Kier molecular flexibility index (Phi) is 5.55. The van der Waals surface area contributed by atoms with Gasteiger partial charge in [0.25, 0.3) is 0 Å². The number of carbonyl (C=O) groups is 2. The van der Waals surface area contributed by atoms with Crippen LogP contribution in [0, 0.1) is 17.3 Å². The Morgan fingerprint density at radius 3 is 2.50 bits per heavy atom. The summed E-state index contributed by atoms with van der Waals surface area (Å²) in [6.07, 6.45) is 6.10. The fraction of sp³-hybridized carbons (Fsp3) is 0.875. The normalized spacial score (nSPS) is 25.2. The second kappa shape index (κ2) is 6.49. The monoisotopic (exact) mass is 252 g/mol. The first-order valence-corrected chi connectivity index (χ1v) is 7.41. The summed E-state index contributed by atoms with van der Waals surface area (Å²) in [5.41, 5.74) is 0.211. The van der Waals surface area contributed by atoms with Crippen molar-refractivity contribution < 1.29 is 9.59 Å². The third-order valence-corrected chi connectivity index (χ3v) is 4.29. The Bertz CT molecular complexity index is 299. The van der Waals surface area contributed by atoms with Crippen LogP contribution in [0.5, 0.6) is 0 Å². The van der Waals surface area contributed by atoms with Crippen molar-refractivity contribution >= 4 is 11.6 Å². The van der Waals surface area contributed by atoms with Gasteiger partial charge >= 0.3 is 0 Å². The molecule has 0 bridgehead atoms. The Balaban J connectivity index is 2.57. The minimum atomic E-state index is -0.292. The fourth-order valence-corrected chi connectivity index (χ4v) is 2.85. The van der Waals surface area contributed by atoms with E-state index in [1.807, 2.05) is 0 Å². The van der Waals surface area contributed by atoms with Crippen molar-refractivity contribution in [3.63, 3.8) is 0 Å². The quantitative estimate of drug-likeness (QED) is 0.543. The topological polar surface area (TPSA) is 34.1 Å². The maximum Gasteiger partial charge on any atom is 0.143 e. The highest BCUT2D eigenvalue weighted by Crippen LogP contribution is 2.39. The van der Waals surface area contributed by atoms with Crippen molar-refractivity contribution in [1.82, 2.24) is 0 Å². The minimum absolute atomic E-state index is 0.192. The first-order chi connectivity index (χ1) is 8.36. The molecule has 1 fully saturated rings. The third kappa shape index (κ3) is 4.22. The molecule has 0 aromatic carbocycles. The number of rotatable bonds is 5. The Labute approximate surface area is 112 Å². The highest BCUT2D eigenvalue weighted by atomic mass is 16.1. The van der Waals surface area contributed by atoms with Crippen molar-refractivity contribution in [2.24, 2.45) is 17.3 Å². The van der Waals surface area contributed by atoms with Gasteiger partial charge in [0, 0.05) is 12.8 Å². The molecular weight excluding hydrogens is 224 g/mol. The zero-order valence-corrected chi connectivity index (χ0v) is 12.4. The molecule has 0 spiro atoms. The van der Waals surface area contributed by atoms with Gasteiger partial charge in [-0.1, -0.05) is 40.5 Å². The molecule has 0 saturated heterocycles. The summed E-state index contributed by atoms with van der Waals surface area (Å²) in [7, 11) is 0. The molecule has 2 nitrogen and oxygen atoms in total. The van der Waals surface area contributed by atoms with Crippen molar-refractivity contribution in [3.8, 4) is 0 Å². The lowest BCUT2D eigenvalue weighted by Gasteiger charge is -2.36. The smallest absolute Gasteiger partial charge is 0.143 e. The molecule has 0 aromatic heterocycles. The van der Waals surface area contributed by atoms with E-state index in [0.29, 0.717) is 18.8 Å². The van der Waals surface area contributed by atoms with Crippen molar-refractivity contribution in [1.29, 1.82) is 0 Å². The predicted octanol–water partition coefficient (Wildman–Crippen LogP) is 4.17. The summed E-state index contributed by atoms with van der Waals surface area (Å²) in [4.78, 5) is 24.1. The van der Waals surface area contributed by atoms with Gasteiger partial charge in [-0.05, 0) is 30.6 Å². The van der Waals surface area contributed by atoms with Crippen LogP contribution in [0.4, 0.5) is 0 Å². The van der Waals surface area contributed by atoms with Crippen molar-refractivity contribution in [3.05, 3.63) is 0 Å². The molecular formula is C16H28O2. The van der Waals surface area contributed by atoms with Crippen LogP contribution in [-0.4, -0.2) is 11.6 Å². The van der Waals surface area contributed by atoms with Crippen LogP contribution in [0.15, 0.2) is 0 Å². The maximum atomic E-state index is 12.1. The zero-order chi connectivity index (χ0) is 13.8. The molecule has 2 atom stereocenters. The highest BCUT2D eigenvalue weighted by Gasteiger charge is 2.37. The molecule has 18 heavy (non-hydrogen) atoms. The average Bonchev–Trinajstić information content (AvgIpc) is 2.28. The van der Waals surface area contributed by atoms with Crippen molar-refractivity contribution in [2.75, 3.05) is 0 Å². The van der Waals surface area contributed by atoms with E-state index in [0.717, 1.165) is 32.1 Å². The van der Waals surface area contributed by atoms with Gasteiger partial charge < -0.3 is 0 Å². The van der Waals surface area contributed by atoms with E-state index < -0.39 is 0 Å². The number of Topliss-reactive ketones (excluding diaryl/α,β-unsaturated/α-hetero) is 2. The first kappa shape index (κ1) is 15.4. The van der Waals surface area contributed by atoms with Crippen LogP contribution in [0.3, 0.4) is 0 Å². The van der Waals surface area contributed by atoms with Crippen molar-refractivity contribution in [2.45, 2.75) is 72.6 Å². The highest BCUT2D eigenvalue weighted by molar-refractivity contribution is 6.02. The van der Waals surface area contributed by atoms with Crippen LogP contribution >= 0.6 is 0 Å². The number of hydrogen-bond acceptors (Lipinski definition) is 2. The van der Waals surface area contributed by atoms with Crippen LogP contribution in [-0.2, 0) is 9.59 Å². The molecule has 1 saturated carbocycles. The Morgan fingerprint density at radius 1 is 1.28 bits per heavy atom. The van der Waals surface area contributed by atoms with E-state index in [-0.39, 0.29) is 22.9 Å². The van der Waals surface area contributed by atoms with Gasteiger partial charge in [-0.15, -0.1) is 0 Å². The SMILES string of the molecule is CCCCCC(=O)C1CC(C(C)(C)C)CCC1=O. The molecule has 1 aliphatic carbocycles. The number of ketones is 2. The van der Waals surface area contributed by atoms with Gasteiger partial charge in [0.05, 0.1) is 5.92 Å². The van der Waals surface area contributed by atoms with Gasteiger partial charge in [0.1, 0.15) is 11.6 Å². The summed E-state index contributed by atoms with van der Waals surface area (Å²) in [5, 5.41) is 0. The lowest BCUT2D eigenvalue weighted by molar-refractivity contribution is -0.136. The average molecular weight is 252 g/mol. The second-order valence-corrected chi connectivity index (χ2v) is 6.78. The van der Waals surface area contributed by atoms with E-state index in [4.69, 9.17) is 0 Å². The molecule has 0 radical (unpaired) electrons. The summed E-state index contributed by atoms with van der Waals surface area (Å²) >= 11 is 0. The maximum absolute atomic E-state index is 12.1. The molecule has 2 unspecified atom stereocenters. The largest absolute Gasteiger partial charge is 0.299 e. The van der Waals surface area contributed by atoms with E-state index in [1.165, 1.54) is 0 Å². The fourth-order valence-electron chi connectivity index (χ4n) is 2.85. The molecule has 1 rings (SSSR count). The van der Waals surface area contributed by atoms with E-state index in [2.05, 4.69) is 27.7 Å². The predicted molar refractivity (Wildman–Crippen MR) is 74.4 cm³/mol. The lowest BCUT2D eigenvalue weighted by Crippen LogP contribution is -2.36. The van der Waals surface area contributed by atoms with E-state index in [1.54, 1.807) is 0 Å². The molecule has 0 aromatic rings. The Hall–Kier alpha value is -0.660. The third-order valence-electron chi connectivity index (χ3n) is 4.29. The summed E-state index contributed by atoms with van der Waals surface area (Å²) in [6, 6.07) is 0. The molecule has 0 heterocycles. The van der Waals surface area contributed by atoms with Crippen LogP contribution in [0.1, 0.15) is 72.6 Å². The summed E-state index contributed by atoms with van der Waals surface area (Å²) in [6.45, 7) is 8.77. The second-order valence-electron chi connectivity index (χ2n) is 6.78. The van der Waals surface area contributed by atoms with Gasteiger partial charge in [0.15, 0.2) is 0 Å². The van der Waals surface area contributed by atoms with Gasteiger partial charge in [0.2, 0.25) is 0 Å². The van der Waals surface area contributed by atoms with E-state index >= 15 is 0 Å². The summed E-state index contributed by atoms with van der Waals surface area (Å²) in [5.74, 6) is 0.606. The van der Waals surface area contributed by atoms with Gasteiger partial charge in [-0.3, -0.25) is 9.59 Å². The van der Waals surface area contributed by atoms with E-state index in [9.17, 15) is 9.59 Å². The molecule has 1 aliphatic rings. The standard InChI is InChI=1S/C16H28O2/c1-5-6-7-8-14(17)13-11-12(16(2,3)4)9-10-15(13)18/h12-13H,5-11H2,1-4H3. The Morgan fingerprint density at radius 2 is 1.94 bits per heavy atom. The number of unbranched alkanes of at least 4 members (excludes halogenated alkanes) is 2. The molecule has 2 heteroatoms. The van der Waals surface area contributed by atoms with Crippen LogP contribution in [0.25, 0.3) is 0 Å². The number of carbonyl (C=O) groups excluding carboxylic acids is 2. The lowest BCUT2D eigenvalue weighted by atomic mass is 9.67. The van der Waals surface area contributed by atoms with Gasteiger partial charge in [-0.25, -0.2) is 0 Å². The van der Waals surface area contributed by atoms with Crippen LogP contribution < -0.4 is 0 Å². The molecule has 0 aliphatic heterocycles. The van der Waals surface area contributed by atoms with Crippen LogP contribution in [0.2, 0.25) is 0 Å². The molecule has 0 N–H and O–H groups in total. The minimum Gasteiger partial charge on any atom is -0.299 e. The summed E-state index contributed by atoms with van der Waals surface area (Å²) < 4.78 is 0. The zero-order valence-electron chi connectivity index (χ0n) is 12.4. The first-order valence-electron chi connectivity index (χ1n) is 7.41. The molecule has 104 valence electrons. The number of hydrogen-bond donors (Lipinski definition) is 0. The molecule has 0 amide bonds.